The number of nitrogens with zero attached hydrogens (tertiary/aromatic N) is 4. The van der Waals surface area contributed by atoms with Crippen molar-refractivity contribution in [2.24, 2.45) is 11.7 Å². The van der Waals surface area contributed by atoms with E-state index >= 15 is 0 Å². The molecule has 1 aliphatic rings. The molecule has 0 aliphatic heterocycles. The normalized spacial score (nSPS) is 19.1. The number of halogens is 1. The number of rotatable bonds is 4. The van der Waals surface area contributed by atoms with Crippen molar-refractivity contribution in [3.8, 4) is 11.1 Å². The Morgan fingerprint density at radius 2 is 1.94 bits per heavy atom. The number of nitrogen functional groups attached to an aromatic ring is 1. The van der Waals surface area contributed by atoms with E-state index in [1.54, 1.807) is 10.7 Å². The largest absolute Gasteiger partial charge is 0.383 e. The zero-order chi connectivity index (χ0) is 21.5. The number of anilines is 1. The van der Waals surface area contributed by atoms with E-state index < -0.39 is 0 Å². The van der Waals surface area contributed by atoms with Crippen molar-refractivity contribution in [1.29, 1.82) is 0 Å². The van der Waals surface area contributed by atoms with Gasteiger partial charge in [-0.2, -0.15) is 9.61 Å². The van der Waals surface area contributed by atoms with Crippen LogP contribution in [0.1, 0.15) is 43.7 Å². The van der Waals surface area contributed by atoms with E-state index in [-0.39, 0.29) is 11.8 Å². The third-order valence-electron chi connectivity index (χ3n) is 6.27. The molecule has 31 heavy (non-hydrogen) atoms. The van der Waals surface area contributed by atoms with Crippen molar-refractivity contribution in [3.63, 3.8) is 0 Å². The van der Waals surface area contributed by atoms with Gasteiger partial charge in [-0.25, -0.2) is 4.98 Å². The van der Waals surface area contributed by atoms with Crippen LogP contribution >= 0.6 is 15.9 Å². The highest BCUT2D eigenvalue weighted by Crippen LogP contribution is 2.41. The summed E-state index contributed by atoms with van der Waals surface area (Å²) in [5.41, 5.74) is 16.3. The first-order valence-corrected chi connectivity index (χ1v) is 11.3. The lowest BCUT2D eigenvalue weighted by Crippen LogP contribution is -2.21. The van der Waals surface area contributed by atoms with Crippen LogP contribution in [0.2, 0.25) is 0 Å². The Morgan fingerprint density at radius 3 is 2.71 bits per heavy atom. The van der Waals surface area contributed by atoms with Crippen LogP contribution in [-0.4, -0.2) is 25.5 Å². The summed E-state index contributed by atoms with van der Waals surface area (Å²) < 4.78 is 2.47. The van der Waals surface area contributed by atoms with Crippen LogP contribution in [0.4, 0.5) is 5.82 Å². The Labute approximate surface area is 188 Å². The van der Waals surface area contributed by atoms with Crippen LogP contribution in [0.15, 0.2) is 47.2 Å². The number of carbonyl (C=O) groups excluding carboxylic acids is 1. The average Bonchev–Trinajstić information content (AvgIpc) is 3.20. The zero-order valence-electron chi connectivity index (χ0n) is 17.0. The molecular formula is C23H23BrN6O. The molecule has 8 heteroatoms. The SMILES string of the molecule is NC(=O)CC1CCC(c2nc3c(-c4cnc5ccccc5c4)cnn3c(N)c2Br)CC1. The van der Waals surface area contributed by atoms with E-state index in [0.717, 1.165) is 63.5 Å². The van der Waals surface area contributed by atoms with Gasteiger partial charge in [0.15, 0.2) is 5.65 Å². The number of benzene rings is 1. The monoisotopic (exact) mass is 478 g/mol. The molecule has 4 N–H and O–H groups in total. The minimum Gasteiger partial charge on any atom is -0.383 e. The van der Waals surface area contributed by atoms with Crippen LogP contribution in [-0.2, 0) is 4.79 Å². The maximum atomic E-state index is 11.3. The first-order valence-electron chi connectivity index (χ1n) is 10.5. The summed E-state index contributed by atoms with van der Waals surface area (Å²) in [4.78, 5) is 20.9. The molecule has 1 aliphatic carbocycles. The van der Waals surface area contributed by atoms with E-state index in [1.165, 1.54) is 0 Å². The van der Waals surface area contributed by atoms with E-state index in [4.69, 9.17) is 16.5 Å². The lowest BCUT2D eigenvalue weighted by Gasteiger charge is -2.28. The van der Waals surface area contributed by atoms with Gasteiger partial charge in [-0.1, -0.05) is 18.2 Å². The van der Waals surface area contributed by atoms with Gasteiger partial charge >= 0.3 is 0 Å². The van der Waals surface area contributed by atoms with Crippen LogP contribution in [0.25, 0.3) is 27.7 Å². The number of pyridine rings is 1. The quantitative estimate of drug-likeness (QED) is 0.450. The van der Waals surface area contributed by atoms with Crippen molar-refractivity contribution >= 4 is 44.2 Å². The van der Waals surface area contributed by atoms with Gasteiger partial charge in [0.1, 0.15) is 5.82 Å². The lowest BCUT2D eigenvalue weighted by molar-refractivity contribution is -0.119. The maximum Gasteiger partial charge on any atom is 0.217 e. The maximum absolute atomic E-state index is 11.3. The molecular weight excluding hydrogens is 456 g/mol. The van der Waals surface area contributed by atoms with Gasteiger partial charge in [0.05, 0.1) is 21.9 Å². The van der Waals surface area contributed by atoms with Crippen LogP contribution in [0.3, 0.4) is 0 Å². The summed E-state index contributed by atoms with van der Waals surface area (Å²) in [7, 11) is 0. The standard InChI is InChI=1S/C23H23BrN6O/c24-20-21(14-7-5-13(6-8-14)9-19(25)31)29-23-17(12-28-30(23)22(20)26)16-10-15-3-1-2-4-18(15)27-11-16/h1-4,10-14H,5-9,26H2,(H2,25,31). The highest BCUT2D eigenvalue weighted by Gasteiger charge is 2.28. The molecule has 1 aromatic carbocycles. The number of nitrogens with two attached hydrogens (primary N) is 2. The van der Waals surface area contributed by atoms with Gasteiger partial charge in [-0.05, 0) is 59.7 Å². The average molecular weight is 479 g/mol. The molecule has 7 nitrogen and oxygen atoms in total. The van der Waals surface area contributed by atoms with E-state index in [2.05, 4.69) is 32.1 Å². The number of amides is 1. The Morgan fingerprint density at radius 1 is 1.16 bits per heavy atom. The summed E-state index contributed by atoms with van der Waals surface area (Å²) in [6.07, 6.45) is 7.96. The molecule has 1 amide bonds. The Bertz CT molecular complexity index is 1290. The van der Waals surface area contributed by atoms with Gasteiger partial charge in [0.2, 0.25) is 5.91 Å². The fourth-order valence-electron chi connectivity index (χ4n) is 4.63. The molecule has 0 radical (unpaired) electrons. The van der Waals surface area contributed by atoms with Crippen molar-refractivity contribution in [2.45, 2.75) is 38.0 Å². The number of hydrogen-bond acceptors (Lipinski definition) is 5. The highest BCUT2D eigenvalue weighted by atomic mass is 79.9. The zero-order valence-corrected chi connectivity index (χ0v) is 18.5. The Hall–Kier alpha value is -3.00. The number of primary amides is 1. The van der Waals surface area contributed by atoms with Gasteiger partial charge in [-0.15, -0.1) is 0 Å². The minimum absolute atomic E-state index is 0.221. The third-order valence-corrected chi connectivity index (χ3v) is 7.09. The van der Waals surface area contributed by atoms with Crippen molar-refractivity contribution in [1.82, 2.24) is 19.6 Å². The number of para-hydroxylation sites is 1. The molecule has 0 saturated heterocycles. The second kappa shape index (κ2) is 7.92. The summed E-state index contributed by atoms with van der Waals surface area (Å²) >= 11 is 3.66. The Kier molecular flexibility index (Phi) is 5.09. The molecule has 158 valence electrons. The minimum atomic E-state index is -0.221. The molecule has 3 heterocycles. The molecule has 3 aromatic heterocycles. The molecule has 0 unspecified atom stereocenters. The number of carbonyl (C=O) groups is 1. The van der Waals surface area contributed by atoms with E-state index in [1.807, 2.05) is 30.5 Å². The fourth-order valence-corrected chi connectivity index (χ4v) is 5.21. The van der Waals surface area contributed by atoms with Gasteiger partial charge in [0.25, 0.3) is 0 Å². The topological polar surface area (TPSA) is 112 Å². The van der Waals surface area contributed by atoms with Gasteiger partial charge < -0.3 is 11.5 Å². The van der Waals surface area contributed by atoms with Crippen molar-refractivity contribution in [2.75, 3.05) is 5.73 Å². The molecule has 4 aromatic rings. The fraction of sp³-hybridized carbons (Fsp3) is 0.304. The summed E-state index contributed by atoms with van der Waals surface area (Å²) in [5, 5.41) is 5.55. The number of hydrogen-bond donors (Lipinski definition) is 2. The second-order valence-corrected chi connectivity index (χ2v) is 9.09. The predicted molar refractivity (Wildman–Crippen MR) is 124 cm³/mol. The predicted octanol–water partition coefficient (Wildman–Crippen LogP) is 4.44. The number of aromatic nitrogens is 4. The highest BCUT2D eigenvalue weighted by molar-refractivity contribution is 9.10. The van der Waals surface area contributed by atoms with Crippen LogP contribution in [0, 0.1) is 5.92 Å². The smallest absolute Gasteiger partial charge is 0.217 e. The van der Waals surface area contributed by atoms with Gasteiger partial charge in [0, 0.05) is 35.0 Å². The van der Waals surface area contributed by atoms with Crippen LogP contribution < -0.4 is 11.5 Å². The number of fused-ring (bicyclic) bond motifs is 2. The first-order chi connectivity index (χ1) is 15.0. The van der Waals surface area contributed by atoms with Crippen LogP contribution in [0.5, 0.6) is 0 Å². The van der Waals surface area contributed by atoms with Crippen molar-refractivity contribution < 1.29 is 4.79 Å². The first kappa shape index (κ1) is 19.9. The molecule has 0 atom stereocenters. The van der Waals surface area contributed by atoms with Gasteiger partial charge in [-0.3, -0.25) is 9.78 Å². The second-order valence-electron chi connectivity index (χ2n) is 8.29. The molecule has 1 saturated carbocycles. The molecule has 1 fully saturated rings. The summed E-state index contributed by atoms with van der Waals surface area (Å²) in [6, 6.07) is 10.1. The Balaban J connectivity index is 1.54. The third kappa shape index (κ3) is 3.65. The van der Waals surface area contributed by atoms with Crippen molar-refractivity contribution in [3.05, 3.63) is 52.9 Å². The summed E-state index contributed by atoms with van der Waals surface area (Å²) in [5.74, 6) is 0.964. The molecule has 5 rings (SSSR count). The van der Waals surface area contributed by atoms with E-state index in [0.29, 0.717) is 18.2 Å². The molecule has 0 bridgehead atoms. The molecule has 0 spiro atoms. The summed E-state index contributed by atoms with van der Waals surface area (Å²) in [6.45, 7) is 0. The lowest BCUT2D eigenvalue weighted by atomic mass is 9.79. The van der Waals surface area contributed by atoms with E-state index in [9.17, 15) is 4.79 Å².